The maximum Gasteiger partial charge on any atom is 0.229 e. The monoisotopic (exact) mass is 594 g/mol. The summed E-state index contributed by atoms with van der Waals surface area (Å²) in [5.41, 5.74) is -1.17. The number of ether oxygens (including phenoxy) is 3. The number of fused-ring (bicyclic) bond motifs is 1. The standard InChI is InChI=1S/C27H30O15/c28-6-14-19(33)21(35)23(37)26(41-14)17-13(31)5-12(30)16-18(32)11(8-39-25(16)17)9-1-3-10(4-2-9)40-27-24(38)22(36)20(34)15(7-29)42-27/h1-5,8,14-15,19-24,26-31,33-38H,6-7H2/t14-,15-,19-,20-,21+,22+,23-,24-,26+,27-/m1/s1. The molecule has 2 aromatic carbocycles. The van der Waals surface area contributed by atoms with E-state index in [-0.39, 0.29) is 33.4 Å². The molecule has 15 nitrogen and oxygen atoms in total. The van der Waals surface area contributed by atoms with Crippen LogP contribution in [0.5, 0.6) is 17.2 Å². The Kier molecular flexibility index (Phi) is 8.41. The zero-order valence-corrected chi connectivity index (χ0v) is 21.7. The van der Waals surface area contributed by atoms with Crippen LogP contribution in [-0.2, 0) is 9.47 Å². The van der Waals surface area contributed by atoms with Crippen molar-refractivity contribution in [3.05, 3.63) is 52.4 Å². The lowest BCUT2D eigenvalue weighted by Gasteiger charge is -2.40. The van der Waals surface area contributed by atoms with Crippen LogP contribution in [0.3, 0.4) is 0 Å². The van der Waals surface area contributed by atoms with Gasteiger partial charge in [-0.05, 0) is 17.7 Å². The summed E-state index contributed by atoms with van der Waals surface area (Å²) in [6.07, 6.45) is -14.5. The molecule has 3 heterocycles. The highest BCUT2D eigenvalue weighted by atomic mass is 16.7. The molecular weight excluding hydrogens is 564 g/mol. The van der Waals surface area contributed by atoms with Crippen LogP contribution >= 0.6 is 0 Å². The van der Waals surface area contributed by atoms with Crippen LogP contribution in [0.1, 0.15) is 11.7 Å². The fourth-order valence-electron chi connectivity index (χ4n) is 5.12. The van der Waals surface area contributed by atoms with Gasteiger partial charge in [0, 0.05) is 6.07 Å². The molecule has 2 saturated heterocycles. The zero-order valence-electron chi connectivity index (χ0n) is 21.7. The van der Waals surface area contributed by atoms with Crippen LogP contribution in [0, 0.1) is 0 Å². The average molecular weight is 595 g/mol. The molecule has 0 radical (unpaired) electrons. The topological polar surface area (TPSA) is 260 Å². The van der Waals surface area contributed by atoms with Gasteiger partial charge >= 0.3 is 0 Å². The molecule has 2 aliphatic rings. The van der Waals surface area contributed by atoms with Crippen LogP contribution in [0.25, 0.3) is 22.1 Å². The van der Waals surface area contributed by atoms with E-state index in [1.165, 1.54) is 24.3 Å². The summed E-state index contributed by atoms with van der Waals surface area (Å²) in [6.45, 7) is -1.37. The summed E-state index contributed by atoms with van der Waals surface area (Å²) in [4.78, 5) is 13.5. The van der Waals surface area contributed by atoms with E-state index in [0.717, 1.165) is 12.3 Å². The quantitative estimate of drug-likeness (QED) is 0.142. The minimum atomic E-state index is -1.80. The number of aromatic hydroxyl groups is 2. The number of aliphatic hydroxyl groups excluding tert-OH is 8. The Morgan fingerprint density at radius 1 is 0.738 bits per heavy atom. The first kappa shape index (κ1) is 30.1. The molecule has 0 amide bonds. The summed E-state index contributed by atoms with van der Waals surface area (Å²) < 4.78 is 22.0. The summed E-state index contributed by atoms with van der Waals surface area (Å²) >= 11 is 0. The molecule has 0 aliphatic carbocycles. The van der Waals surface area contributed by atoms with Crippen LogP contribution in [0.4, 0.5) is 0 Å². The summed E-state index contributed by atoms with van der Waals surface area (Å²) in [5, 5.41) is 101. The summed E-state index contributed by atoms with van der Waals surface area (Å²) in [6, 6.07) is 6.50. The fourth-order valence-corrected chi connectivity index (χ4v) is 5.12. The van der Waals surface area contributed by atoms with E-state index in [2.05, 4.69) is 0 Å². The Hall–Kier alpha value is -3.35. The van der Waals surface area contributed by atoms with Gasteiger partial charge in [-0.25, -0.2) is 0 Å². The Labute approximate surface area is 236 Å². The van der Waals surface area contributed by atoms with Crippen molar-refractivity contribution in [2.45, 2.75) is 61.2 Å². The van der Waals surface area contributed by atoms with Crippen molar-refractivity contribution >= 4 is 11.0 Å². The van der Waals surface area contributed by atoms with Crippen LogP contribution in [0.2, 0.25) is 0 Å². The number of hydrogen-bond donors (Lipinski definition) is 10. The maximum atomic E-state index is 13.5. The Balaban J connectivity index is 1.47. The van der Waals surface area contributed by atoms with E-state index in [1.807, 2.05) is 0 Å². The zero-order chi connectivity index (χ0) is 30.5. The van der Waals surface area contributed by atoms with E-state index in [4.69, 9.17) is 18.6 Å². The molecule has 10 N–H and O–H groups in total. The van der Waals surface area contributed by atoms with Crippen molar-refractivity contribution in [1.29, 1.82) is 0 Å². The first-order valence-electron chi connectivity index (χ1n) is 12.9. The van der Waals surface area contributed by atoms with Crippen LogP contribution in [0.15, 0.2) is 45.8 Å². The molecule has 0 bridgehead atoms. The second-order valence-corrected chi connectivity index (χ2v) is 10.1. The van der Waals surface area contributed by atoms with Gasteiger partial charge in [-0.15, -0.1) is 0 Å². The van der Waals surface area contributed by atoms with Gasteiger partial charge in [-0.2, -0.15) is 0 Å². The van der Waals surface area contributed by atoms with E-state index in [0.29, 0.717) is 0 Å². The number of aliphatic hydroxyl groups is 8. The van der Waals surface area contributed by atoms with Gasteiger partial charge in [-0.1, -0.05) is 12.1 Å². The number of rotatable bonds is 6. The van der Waals surface area contributed by atoms with Crippen molar-refractivity contribution in [3.8, 4) is 28.4 Å². The molecule has 228 valence electrons. The highest BCUT2D eigenvalue weighted by Gasteiger charge is 2.46. The van der Waals surface area contributed by atoms with E-state index in [1.54, 1.807) is 0 Å². The molecule has 0 saturated carbocycles. The molecule has 1 aromatic heterocycles. The predicted molar refractivity (Wildman–Crippen MR) is 138 cm³/mol. The number of phenolic OH excluding ortho intramolecular Hbond substituents is 2. The molecule has 5 rings (SSSR count). The number of phenols is 2. The lowest BCUT2D eigenvalue weighted by Crippen LogP contribution is -2.60. The van der Waals surface area contributed by atoms with Gasteiger partial charge in [-0.3, -0.25) is 4.79 Å². The SMILES string of the molecule is O=c1c(-c2ccc(O[C@@H]3O[C@H](CO)[C@@H](O)[C@H](O)[C@H]3O)cc2)coc2c([C@@H]3O[C@H](CO)[C@@H](O)[C@H](O)[C@H]3O)c(O)cc(O)c12. The Morgan fingerprint density at radius 2 is 1.33 bits per heavy atom. The van der Waals surface area contributed by atoms with Crippen LogP contribution < -0.4 is 10.2 Å². The molecule has 2 aliphatic heterocycles. The highest BCUT2D eigenvalue weighted by molar-refractivity contribution is 5.91. The Bertz CT molecular complexity index is 1470. The molecule has 0 unspecified atom stereocenters. The van der Waals surface area contributed by atoms with Gasteiger partial charge in [0.05, 0.1) is 24.3 Å². The second-order valence-electron chi connectivity index (χ2n) is 10.1. The van der Waals surface area contributed by atoms with Crippen molar-refractivity contribution in [2.24, 2.45) is 0 Å². The highest BCUT2D eigenvalue weighted by Crippen LogP contribution is 2.43. The lowest BCUT2D eigenvalue weighted by atomic mass is 9.89. The Morgan fingerprint density at radius 3 is 1.95 bits per heavy atom. The van der Waals surface area contributed by atoms with Crippen molar-refractivity contribution in [3.63, 3.8) is 0 Å². The number of benzene rings is 2. The minimum Gasteiger partial charge on any atom is -0.507 e. The first-order valence-corrected chi connectivity index (χ1v) is 12.9. The molecular formula is C27H30O15. The lowest BCUT2D eigenvalue weighted by molar-refractivity contribution is -0.277. The third-order valence-electron chi connectivity index (χ3n) is 7.49. The van der Waals surface area contributed by atoms with Gasteiger partial charge in [0.1, 0.15) is 83.8 Å². The first-order chi connectivity index (χ1) is 20.0. The third kappa shape index (κ3) is 5.09. The van der Waals surface area contributed by atoms with Gasteiger partial charge in [0.25, 0.3) is 0 Å². The molecule has 3 aromatic rings. The van der Waals surface area contributed by atoms with E-state index in [9.17, 15) is 55.9 Å². The normalized spacial score (nSPS) is 33.5. The number of hydrogen-bond acceptors (Lipinski definition) is 15. The van der Waals surface area contributed by atoms with Crippen LogP contribution in [-0.4, -0.2) is 119 Å². The molecule has 0 spiro atoms. The predicted octanol–water partition coefficient (Wildman–Crippen LogP) is -2.44. The van der Waals surface area contributed by atoms with Crippen molar-refractivity contribution < 1.29 is 69.7 Å². The third-order valence-corrected chi connectivity index (χ3v) is 7.49. The maximum absolute atomic E-state index is 13.5. The van der Waals surface area contributed by atoms with Crippen molar-refractivity contribution in [1.82, 2.24) is 0 Å². The smallest absolute Gasteiger partial charge is 0.229 e. The second kappa shape index (κ2) is 11.7. The largest absolute Gasteiger partial charge is 0.507 e. The molecule has 15 heteroatoms. The molecule has 10 atom stereocenters. The molecule has 2 fully saturated rings. The van der Waals surface area contributed by atoms with Gasteiger partial charge in [0.15, 0.2) is 5.58 Å². The van der Waals surface area contributed by atoms with Gasteiger partial charge < -0.3 is 69.7 Å². The fraction of sp³-hybridized carbons (Fsp3) is 0.444. The molecule has 42 heavy (non-hydrogen) atoms. The summed E-state index contributed by atoms with van der Waals surface area (Å²) in [5.74, 6) is -1.17. The van der Waals surface area contributed by atoms with Crippen molar-refractivity contribution in [2.75, 3.05) is 13.2 Å². The van der Waals surface area contributed by atoms with E-state index >= 15 is 0 Å². The minimum absolute atomic E-state index is 0.0392. The summed E-state index contributed by atoms with van der Waals surface area (Å²) in [7, 11) is 0. The average Bonchev–Trinajstić information content (AvgIpc) is 2.97. The van der Waals surface area contributed by atoms with E-state index < -0.39 is 91.4 Å². The van der Waals surface area contributed by atoms with Gasteiger partial charge in [0.2, 0.25) is 11.7 Å².